The normalized spacial score (nSPS) is 11.9. The highest BCUT2D eigenvalue weighted by Gasteiger charge is 1.98. The van der Waals surface area contributed by atoms with Crippen molar-refractivity contribution in [1.82, 2.24) is 10.0 Å². The van der Waals surface area contributed by atoms with E-state index in [1.54, 1.807) is 7.11 Å². The van der Waals surface area contributed by atoms with Crippen LogP contribution in [0.5, 0.6) is 5.75 Å². The van der Waals surface area contributed by atoms with Gasteiger partial charge in [-0.15, -0.1) is 0 Å². The molecule has 1 aromatic carbocycles. The van der Waals surface area contributed by atoms with Gasteiger partial charge in [-0.1, -0.05) is 30.4 Å². The molecule has 0 aliphatic rings. The molecule has 0 fully saturated rings. The maximum absolute atomic E-state index is 10.8. The summed E-state index contributed by atoms with van der Waals surface area (Å²) in [5.41, 5.74) is 1.04. The standard InChI is InChI=1S/C14H22N2O3S/c1-19-14-9-4-3-7-13(14)8-5-10-15-11-6-12-16-20(2,17)18/h3-5,7-9,15-16H,6,10-12H2,1-2H3/b8-5+. The molecule has 1 rings (SSSR count). The zero-order valence-corrected chi connectivity index (χ0v) is 12.7. The van der Waals surface area contributed by atoms with E-state index in [4.69, 9.17) is 4.74 Å². The molecule has 0 aliphatic heterocycles. The van der Waals surface area contributed by atoms with Crippen LogP contribution in [0.15, 0.2) is 30.3 Å². The Bertz CT molecular complexity index is 527. The molecule has 0 bridgehead atoms. The molecule has 2 N–H and O–H groups in total. The van der Waals surface area contributed by atoms with Gasteiger partial charge in [0.2, 0.25) is 10.0 Å². The molecule has 0 radical (unpaired) electrons. The van der Waals surface area contributed by atoms with Gasteiger partial charge in [-0.3, -0.25) is 0 Å². The van der Waals surface area contributed by atoms with E-state index in [0.29, 0.717) is 6.54 Å². The highest BCUT2D eigenvalue weighted by molar-refractivity contribution is 7.88. The number of hydrogen-bond acceptors (Lipinski definition) is 4. The van der Waals surface area contributed by atoms with Crippen molar-refractivity contribution in [2.45, 2.75) is 6.42 Å². The third kappa shape index (κ3) is 7.28. The number of para-hydroxylation sites is 1. The second-order valence-corrected chi connectivity index (χ2v) is 6.20. The average Bonchev–Trinajstić information content (AvgIpc) is 2.41. The monoisotopic (exact) mass is 298 g/mol. The summed E-state index contributed by atoms with van der Waals surface area (Å²) in [6, 6.07) is 7.81. The van der Waals surface area contributed by atoms with Crippen LogP contribution in [0.2, 0.25) is 0 Å². The van der Waals surface area contributed by atoms with Crippen molar-refractivity contribution in [2.24, 2.45) is 0 Å². The fourth-order valence-corrected chi connectivity index (χ4v) is 2.16. The molecule has 0 spiro atoms. The number of rotatable bonds is 9. The zero-order valence-electron chi connectivity index (χ0n) is 11.9. The minimum absolute atomic E-state index is 0.460. The minimum atomic E-state index is -3.07. The first-order valence-corrected chi connectivity index (χ1v) is 8.37. The molecule has 20 heavy (non-hydrogen) atoms. The van der Waals surface area contributed by atoms with E-state index < -0.39 is 10.0 Å². The maximum Gasteiger partial charge on any atom is 0.208 e. The first-order chi connectivity index (χ1) is 9.53. The van der Waals surface area contributed by atoms with Gasteiger partial charge in [0.1, 0.15) is 5.75 Å². The van der Waals surface area contributed by atoms with Crippen molar-refractivity contribution >= 4 is 16.1 Å². The Kier molecular flexibility index (Phi) is 7.28. The number of benzene rings is 1. The fourth-order valence-electron chi connectivity index (χ4n) is 1.65. The smallest absolute Gasteiger partial charge is 0.208 e. The second kappa shape index (κ2) is 8.73. The third-order valence-electron chi connectivity index (χ3n) is 2.59. The van der Waals surface area contributed by atoms with Crippen molar-refractivity contribution in [3.8, 4) is 5.75 Å². The molecule has 1 aromatic rings. The van der Waals surface area contributed by atoms with Crippen LogP contribution in [0.1, 0.15) is 12.0 Å². The first kappa shape index (κ1) is 16.7. The van der Waals surface area contributed by atoms with Crippen molar-refractivity contribution in [2.75, 3.05) is 33.0 Å². The van der Waals surface area contributed by atoms with Crippen LogP contribution in [0.3, 0.4) is 0 Å². The molecule has 0 saturated heterocycles. The van der Waals surface area contributed by atoms with E-state index in [0.717, 1.165) is 37.1 Å². The summed E-state index contributed by atoms with van der Waals surface area (Å²) in [5.74, 6) is 0.848. The van der Waals surface area contributed by atoms with E-state index in [1.807, 2.05) is 36.4 Å². The number of ether oxygens (including phenoxy) is 1. The molecule has 5 nitrogen and oxygen atoms in total. The number of methoxy groups -OCH3 is 1. The van der Waals surface area contributed by atoms with Crippen LogP contribution < -0.4 is 14.8 Å². The Labute approximate surface area is 121 Å². The summed E-state index contributed by atoms with van der Waals surface area (Å²) < 4.78 is 29.4. The lowest BCUT2D eigenvalue weighted by Crippen LogP contribution is -2.26. The van der Waals surface area contributed by atoms with Gasteiger partial charge in [0.25, 0.3) is 0 Å². The summed E-state index contributed by atoms with van der Waals surface area (Å²) in [7, 11) is -1.42. The molecular formula is C14H22N2O3S. The molecule has 0 amide bonds. The van der Waals surface area contributed by atoms with Crippen molar-refractivity contribution in [1.29, 1.82) is 0 Å². The summed E-state index contributed by atoms with van der Waals surface area (Å²) in [4.78, 5) is 0. The van der Waals surface area contributed by atoms with Crippen molar-refractivity contribution in [3.05, 3.63) is 35.9 Å². The topological polar surface area (TPSA) is 67.4 Å². The summed E-state index contributed by atoms with van der Waals surface area (Å²) in [6.07, 6.45) is 5.94. The van der Waals surface area contributed by atoms with Crippen LogP contribution in [0.25, 0.3) is 6.08 Å². The lowest BCUT2D eigenvalue weighted by atomic mass is 10.2. The van der Waals surface area contributed by atoms with Crippen LogP contribution >= 0.6 is 0 Å². The number of hydrogen-bond donors (Lipinski definition) is 2. The van der Waals surface area contributed by atoms with Gasteiger partial charge in [0.15, 0.2) is 0 Å². The predicted octanol–water partition coefficient (Wildman–Crippen LogP) is 1.24. The molecular weight excluding hydrogens is 276 g/mol. The zero-order chi connectivity index (χ0) is 14.8. The second-order valence-electron chi connectivity index (χ2n) is 4.37. The van der Waals surface area contributed by atoms with Crippen LogP contribution in [0.4, 0.5) is 0 Å². The molecule has 0 unspecified atom stereocenters. The lowest BCUT2D eigenvalue weighted by Gasteiger charge is -2.04. The highest BCUT2D eigenvalue weighted by atomic mass is 32.2. The fraction of sp³-hybridized carbons (Fsp3) is 0.429. The molecule has 0 heterocycles. The molecule has 0 aromatic heterocycles. The van der Waals surface area contributed by atoms with Crippen molar-refractivity contribution in [3.63, 3.8) is 0 Å². The molecule has 0 atom stereocenters. The van der Waals surface area contributed by atoms with Gasteiger partial charge in [-0.25, -0.2) is 13.1 Å². The van der Waals surface area contributed by atoms with Crippen LogP contribution in [0, 0.1) is 0 Å². The maximum atomic E-state index is 10.8. The largest absolute Gasteiger partial charge is 0.496 e. The average molecular weight is 298 g/mol. The van der Waals surface area contributed by atoms with Gasteiger partial charge >= 0.3 is 0 Å². The third-order valence-corrected chi connectivity index (χ3v) is 3.32. The molecule has 0 saturated carbocycles. The van der Waals surface area contributed by atoms with Gasteiger partial charge in [0.05, 0.1) is 13.4 Å². The number of nitrogens with one attached hydrogen (secondary N) is 2. The van der Waals surface area contributed by atoms with E-state index in [-0.39, 0.29) is 0 Å². The first-order valence-electron chi connectivity index (χ1n) is 6.48. The Balaban J connectivity index is 2.19. The van der Waals surface area contributed by atoms with E-state index in [2.05, 4.69) is 10.0 Å². The Hall–Kier alpha value is -1.37. The van der Waals surface area contributed by atoms with Gasteiger partial charge < -0.3 is 10.1 Å². The van der Waals surface area contributed by atoms with E-state index >= 15 is 0 Å². The Morgan fingerprint density at radius 1 is 1.25 bits per heavy atom. The Morgan fingerprint density at radius 2 is 2.00 bits per heavy atom. The highest BCUT2D eigenvalue weighted by Crippen LogP contribution is 2.18. The van der Waals surface area contributed by atoms with E-state index in [1.165, 1.54) is 0 Å². The molecule has 0 aliphatic carbocycles. The predicted molar refractivity (Wildman–Crippen MR) is 82.4 cm³/mol. The van der Waals surface area contributed by atoms with Gasteiger partial charge in [0, 0.05) is 18.7 Å². The summed E-state index contributed by atoms with van der Waals surface area (Å²) in [6.45, 7) is 1.96. The van der Waals surface area contributed by atoms with Gasteiger partial charge in [-0.05, 0) is 19.0 Å². The van der Waals surface area contributed by atoms with Gasteiger partial charge in [-0.2, -0.15) is 0 Å². The Morgan fingerprint density at radius 3 is 2.70 bits per heavy atom. The quantitative estimate of drug-likeness (QED) is 0.673. The van der Waals surface area contributed by atoms with Crippen LogP contribution in [-0.2, 0) is 10.0 Å². The molecule has 112 valence electrons. The summed E-state index contributed by atoms with van der Waals surface area (Å²) >= 11 is 0. The molecule has 6 heteroatoms. The van der Waals surface area contributed by atoms with Crippen LogP contribution in [-0.4, -0.2) is 41.4 Å². The lowest BCUT2D eigenvalue weighted by molar-refractivity contribution is 0.414. The summed E-state index contributed by atoms with van der Waals surface area (Å²) in [5, 5.41) is 3.22. The SMILES string of the molecule is COc1ccccc1/C=C/CNCCCNS(C)(=O)=O. The van der Waals surface area contributed by atoms with E-state index in [9.17, 15) is 8.42 Å². The van der Waals surface area contributed by atoms with Crippen molar-refractivity contribution < 1.29 is 13.2 Å². The minimum Gasteiger partial charge on any atom is -0.496 e. The number of sulfonamides is 1.